The molecule has 0 fully saturated rings. The van der Waals surface area contributed by atoms with Gasteiger partial charge in [0.05, 0.1) is 22.9 Å². The molecule has 19 heavy (non-hydrogen) atoms. The van der Waals surface area contributed by atoms with Crippen LogP contribution in [0.5, 0.6) is 0 Å². The van der Waals surface area contributed by atoms with Crippen LogP contribution in [0.25, 0.3) is 10.9 Å². The van der Waals surface area contributed by atoms with Gasteiger partial charge in [0, 0.05) is 25.2 Å². The summed E-state index contributed by atoms with van der Waals surface area (Å²) in [5, 5.41) is 19.6. The Labute approximate surface area is 112 Å². The lowest BCUT2D eigenvalue weighted by Gasteiger charge is -2.22. The molecule has 1 unspecified atom stereocenters. The molecular formula is C15H17N3O. The number of hydrogen-bond donors (Lipinski definition) is 1. The zero-order chi connectivity index (χ0) is 13.8. The average molecular weight is 255 g/mol. The highest BCUT2D eigenvalue weighted by molar-refractivity contribution is 5.94. The first-order valence-corrected chi connectivity index (χ1v) is 6.30. The number of benzene rings is 1. The highest BCUT2D eigenvalue weighted by atomic mass is 16.3. The van der Waals surface area contributed by atoms with Crippen LogP contribution >= 0.6 is 0 Å². The van der Waals surface area contributed by atoms with Gasteiger partial charge in [0.25, 0.3) is 0 Å². The Morgan fingerprint density at radius 2 is 2.16 bits per heavy atom. The molecule has 4 nitrogen and oxygen atoms in total. The molecule has 2 aromatic rings. The van der Waals surface area contributed by atoms with E-state index in [1.807, 2.05) is 36.2 Å². The van der Waals surface area contributed by atoms with Crippen LogP contribution in [0.15, 0.2) is 30.5 Å². The van der Waals surface area contributed by atoms with Gasteiger partial charge >= 0.3 is 0 Å². The number of pyridine rings is 1. The number of nitrogens with zero attached hydrogens (tertiary/aromatic N) is 3. The first-order chi connectivity index (χ1) is 9.13. The Bertz CT molecular complexity index is 616. The van der Waals surface area contributed by atoms with Crippen molar-refractivity contribution in [1.82, 2.24) is 4.98 Å². The zero-order valence-electron chi connectivity index (χ0n) is 11.2. The second-order valence-corrected chi connectivity index (χ2v) is 4.71. The first-order valence-electron chi connectivity index (χ1n) is 6.30. The van der Waals surface area contributed by atoms with Crippen molar-refractivity contribution in [2.45, 2.75) is 19.4 Å². The van der Waals surface area contributed by atoms with Crippen molar-refractivity contribution in [3.05, 3.63) is 36.0 Å². The van der Waals surface area contributed by atoms with Crippen LogP contribution in [0.4, 0.5) is 5.69 Å². The molecule has 0 radical (unpaired) electrons. The molecule has 0 aliphatic rings. The third-order valence-electron chi connectivity index (χ3n) is 3.13. The van der Waals surface area contributed by atoms with Crippen molar-refractivity contribution in [2.24, 2.45) is 0 Å². The summed E-state index contributed by atoms with van der Waals surface area (Å²) >= 11 is 0. The van der Waals surface area contributed by atoms with Crippen molar-refractivity contribution in [3.63, 3.8) is 0 Å². The maximum absolute atomic E-state index is 9.38. The molecule has 0 amide bonds. The second-order valence-electron chi connectivity index (χ2n) is 4.71. The average Bonchev–Trinajstić information content (AvgIpc) is 2.43. The molecule has 0 aliphatic heterocycles. The largest absolute Gasteiger partial charge is 0.393 e. The molecule has 0 bridgehead atoms. The number of aromatic nitrogens is 1. The van der Waals surface area contributed by atoms with E-state index in [-0.39, 0.29) is 6.10 Å². The molecule has 0 spiro atoms. The molecule has 0 saturated carbocycles. The molecule has 1 heterocycles. The van der Waals surface area contributed by atoms with E-state index in [1.165, 1.54) is 0 Å². The third kappa shape index (κ3) is 2.83. The lowest BCUT2D eigenvalue weighted by molar-refractivity contribution is 0.187. The molecule has 1 aromatic carbocycles. The Hall–Kier alpha value is -2.12. The number of para-hydroxylation sites is 1. The van der Waals surface area contributed by atoms with Crippen LogP contribution in [-0.4, -0.2) is 29.8 Å². The van der Waals surface area contributed by atoms with Gasteiger partial charge < -0.3 is 10.0 Å². The van der Waals surface area contributed by atoms with E-state index in [9.17, 15) is 10.4 Å². The van der Waals surface area contributed by atoms with E-state index in [4.69, 9.17) is 0 Å². The minimum Gasteiger partial charge on any atom is -0.393 e. The summed E-state index contributed by atoms with van der Waals surface area (Å²) in [7, 11) is 1.94. The Morgan fingerprint density at radius 3 is 2.84 bits per heavy atom. The van der Waals surface area contributed by atoms with Gasteiger partial charge in [0.2, 0.25) is 0 Å². The maximum Gasteiger partial charge on any atom is 0.103 e. The van der Waals surface area contributed by atoms with Gasteiger partial charge in [-0.15, -0.1) is 0 Å². The van der Waals surface area contributed by atoms with E-state index in [2.05, 4.69) is 11.1 Å². The van der Waals surface area contributed by atoms with Crippen molar-refractivity contribution in [2.75, 3.05) is 18.5 Å². The third-order valence-corrected chi connectivity index (χ3v) is 3.13. The van der Waals surface area contributed by atoms with E-state index in [0.717, 1.165) is 16.6 Å². The molecule has 0 aliphatic carbocycles. The summed E-state index contributed by atoms with van der Waals surface area (Å²) in [6.45, 7) is 2.46. The molecule has 1 N–H and O–H groups in total. The summed E-state index contributed by atoms with van der Waals surface area (Å²) in [5.74, 6) is 0. The van der Waals surface area contributed by atoms with Gasteiger partial charge in [0.15, 0.2) is 0 Å². The summed E-state index contributed by atoms with van der Waals surface area (Å²) in [5.41, 5.74) is 2.32. The smallest absolute Gasteiger partial charge is 0.103 e. The predicted octanol–water partition coefficient (Wildman–Crippen LogP) is 2.31. The molecule has 4 heteroatoms. The highest BCUT2D eigenvalue weighted by Gasteiger charge is 2.13. The lowest BCUT2D eigenvalue weighted by Crippen LogP contribution is -2.23. The maximum atomic E-state index is 9.38. The summed E-state index contributed by atoms with van der Waals surface area (Å²) in [6, 6.07) is 9.97. The van der Waals surface area contributed by atoms with Crippen LogP contribution < -0.4 is 4.90 Å². The quantitative estimate of drug-likeness (QED) is 0.910. The van der Waals surface area contributed by atoms with Crippen LogP contribution in [-0.2, 0) is 0 Å². The van der Waals surface area contributed by atoms with Crippen LogP contribution in [0, 0.1) is 11.3 Å². The van der Waals surface area contributed by atoms with Crippen molar-refractivity contribution in [1.29, 1.82) is 5.26 Å². The fourth-order valence-electron chi connectivity index (χ4n) is 2.11. The lowest BCUT2D eigenvalue weighted by atomic mass is 10.1. The summed E-state index contributed by atoms with van der Waals surface area (Å²) in [6.07, 6.45) is 1.93. The van der Waals surface area contributed by atoms with Gasteiger partial charge in [-0.25, -0.2) is 0 Å². The molecule has 98 valence electrons. The van der Waals surface area contributed by atoms with Crippen LogP contribution in [0.1, 0.15) is 18.9 Å². The number of aliphatic hydroxyl groups is 1. The first kappa shape index (κ1) is 13.3. The SMILES string of the molecule is CC(O)CCN(C)c1c(C#N)cnc2ccccc12. The van der Waals surface area contributed by atoms with Gasteiger partial charge in [0.1, 0.15) is 6.07 Å². The Balaban J connectivity index is 2.47. The van der Waals surface area contributed by atoms with E-state index in [0.29, 0.717) is 18.5 Å². The summed E-state index contributed by atoms with van der Waals surface area (Å²) in [4.78, 5) is 6.30. The molecule has 2 rings (SSSR count). The Morgan fingerprint density at radius 1 is 1.42 bits per heavy atom. The number of aliphatic hydroxyl groups excluding tert-OH is 1. The molecular weight excluding hydrogens is 238 g/mol. The number of fused-ring (bicyclic) bond motifs is 1. The van der Waals surface area contributed by atoms with E-state index in [1.54, 1.807) is 13.1 Å². The predicted molar refractivity (Wildman–Crippen MR) is 76.0 cm³/mol. The van der Waals surface area contributed by atoms with Crippen LogP contribution in [0.2, 0.25) is 0 Å². The zero-order valence-corrected chi connectivity index (χ0v) is 11.2. The van der Waals surface area contributed by atoms with Gasteiger partial charge in [-0.2, -0.15) is 5.26 Å². The monoisotopic (exact) mass is 255 g/mol. The van der Waals surface area contributed by atoms with Crippen molar-refractivity contribution >= 4 is 16.6 Å². The second kappa shape index (κ2) is 5.68. The fraction of sp³-hybridized carbons (Fsp3) is 0.333. The van der Waals surface area contributed by atoms with E-state index < -0.39 is 0 Å². The van der Waals surface area contributed by atoms with Crippen molar-refractivity contribution in [3.8, 4) is 6.07 Å². The normalized spacial score (nSPS) is 12.1. The molecule has 0 saturated heterocycles. The van der Waals surface area contributed by atoms with Crippen LogP contribution in [0.3, 0.4) is 0 Å². The molecule has 1 aromatic heterocycles. The standard InChI is InChI=1S/C15H17N3O/c1-11(19)7-8-18(2)15-12(9-16)10-17-14-6-4-3-5-13(14)15/h3-6,10-11,19H,7-8H2,1-2H3. The van der Waals surface area contributed by atoms with Crippen molar-refractivity contribution < 1.29 is 5.11 Å². The summed E-state index contributed by atoms with van der Waals surface area (Å²) < 4.78 is 0. The number of nitriles is 1. The topological polar surface area (TPSA) is 60.1 Å². The molecule has 1 atom stereocenters. The van der Waals surface area contributed by atoms with Gasteiger partial charge in [-0.3, -0.25) is 4.98 Å². The number of anilines is 1. The van der Waals surface area contributed by atoms with Gasteiger partial charge in [-0.1, -0.05) is 18.2 Å². The Kier molecular flexibility index (Phi) is 3.98. The fourth-order valence-corrected chi connectivity index (χ4v) is 2.11. The minimum absolute atomic E-state index is 0.346. The number of hydrogen-bond acceptors (Lipinski definition) is 4. The number of rotatable bonds is 4. The minimum atomic E-state index is -0.346. The highest BCUT2D eigenvalue weighted by Crippen LogP contribution is 2.28. The van der Waals surface area contributed by atoms with Gasteiger partial charge in [-0.05, 0) is 19.4 Å². The van der Waals surface area contributed by atoms with E-state index >= 15 is 0 Å².